The lowest BCUT2D eigenvalue weighted by atomic mass is 10.3. The molecule has 0 aliphatic rings. The van der Waals surface area contributed by atoms with E-state index < -0.39 is 9.73 Å². The summed E-state index contributed by atoms with van der Waals surface area (Å²) in [6.45, 7) is 3.68. The first-order valence-electron chi connectivity index (χ1n) is 4.29. The molecule has 1 atom stereocenters. The maximum absolute atomic E-state index is 11.4. The van der Waals surface area contributed by atoms with Crippen molar-refractivity contribution in [2.45, 2.75) is 31.5 Å². The Hall–Kier alpha value is -0.880. The van der Waals surface area contributed by atoms with Crippen LogP contribution in [-0.4, -0.2) is 25.4 Å². The number of aliphatic hydroxyl groups excluding tert-OH is 1. The summed E-state index contributed by atoms with van der Waals surface area (Å²) in [5.41, 5.74) is 0.594. The molecule has 2 N–H and O–H groups in total. The Morgan fingerprint density at radius 3 is 2.57 bits per heavy atom. The highest BCUT2D eigenvalue weighted by Crippen LogP contribution is 2.15. The van der Waals surface area contributed by atoms with E-state index in [-0.39, 0.29) is 17.7 Å². The minimum atomic E-state index is -2.79. The Labute approximate surface area is 83.7 Å². The molecule has 0 aromatic carbocycles. The maximum atomic E-state index is 11.4. The average molecular weight is 217 g/mol. The topological polar surface area (TPSA) is 79.0 Å². The van der Waals surface area contributed by atoms with E-state index in [1.165, 1.54) is 12.3 Å². The molecule has 5 nitrogen and oxygen atoms in total. The van der Waals surface area contributed by atoms with Gasteiger partial charge in [0.2, 0.25) is 0 Å². The number of nitrogens with one attached hydrogen (secondary N) is 1. The molecule has 0 saturated heterocycles. The minimum Gasteiger partial charge on any atom is -0.390 e. The summed E-state index contributed by atoms with van der Waals surface area (Å²) in [6, 6.07) is 1.61. The van der Waals surface area contributed by atoms with E-state index in [0.29, 0.717) is 5.69 Å². The van der Waals surface area contributed by atoms with Crippen LogP contribution in [0.3, 0.4) is 0 Å². The lowest BCUT2D eigenvalue weighted by molar-refractivity contribution is 0.264. The van der Waals surface area contributed by atoms with Crippen molar-refractivity contribution in [3.63, 3.8) is 0 Å². The number of rotatable bonds is 3. The van der Waals surface area contributed by atoms with Gasteiger partial charge in [0, 0.05) is 12.3 Å². The van der Waals surface area contributed by atoms with Crippen LogP contribution in [0.2, 0.25) is 0 Å². The molecule has 0 fully saturated rings. The molecule has 0 aliphatic heterocycles. The van der Waals surface area contributed by atoms with E-state index in [1.54, 1.807) is 4.68 Å². The van der Waals surface area contributed by atoms with Crippen molar-refractivity contribution in [2.75, 3.05) is 6.26 Å². The van der Waals surface area contributed by atoms with E-state index in [2.05, 4.69) is 5.10 Å². The number of aromatic nitrogens is 2. The monoisotopic (exact) mass is 217 g/mol. The van der Waals surface area contributed by atoms with Crippen LogP contribution in [0.15, 0.2) is 11.1 Å². The van der Waals surface area contributed by atoms with E-state index in [1.807, 2.05) is 13.8 Å². The van der Waals surface area contributed by atoms with Crippen molar-refractivity contribution in [2.24, 2.45) is 0 Å². The quantitative estimate of drug-likeness (QED) is 0.792. The number of hydrogen-bond acceptors (Lipinski definition) is 4. The van der Waals surface area contributed by atoms with E-state index >= 15 is 0 Å². The highest BCUT2D eigenvalue weighted by Gasteiger charge is 2.14. The molecule has 0 aliphatic carbocycles. The normalized spacial score (nSPS) is 15.8. The van der Waals surface area contributed by atoms with Gasteiger partial charge in [-0.25, -0.2) is 8.99 Å². The van der Waals surface area contributed by atoms with Gasteiger partial charge in [0.05, 0.1) is 22.0 Å². The second kappa shape index (κ2) is 3.70. The van der Waals surface area contributed by atoms with Crippen LogP contribution in [0.5, 0.6) is 0 Å². The molecular formula is C8H15N3O2S. The van der Waals surface area contributed by atoms with Crippen molar-refractivity contribution in [3.8, 4) is 0 Å². The number of hydrogen-bond donors (Lipinski definition) is 2. The molecular weight excluding hydrogens is 202 g/mol. The summed E-state index contributed by atoms with van der Waals surface area (Å²) in [6.07, 6.45) is 1.32. The van der Waals surface area contributed by atoms with Crippen LogP contribution in [0.4, 0.5) is 0 Å². The second-order valence-electron chi connectivity index (χ2n) is 3.51. The summed E-state index contributed by atoms with van der Waals surface area (Å²) in [4.78, 5) is 0. The molecule has 80 valence electrons. The van der Waals surface area contributed by atoms with Gasteiger partial charge in [-0.3, -0.25) is 4.68 Å². The molecule has 1 unspecified atom stereocenters. The average Bonchev–Trinajstić information content (AvgIpc) is 2.45. The fraction of sp³-hybridized carbons (Fsp3) is 0.625. The van der Waals surface area contributed by atoms with Gasteiger partial charge in [0.25, 0.3) is 0 Å². The molecule has 0 bridgehead atoms. The zero-order valence-electron chi connectivity index (χ0n) is 8.52. The van der Waals surface area contributed by atoms with Gasteiger partial charge >= 0.3 is 0 Å². The molecule has 1 aromatic heterocycles. The van der Waals surface area contributed by atoms with Crippen LogP contribution < -0.4 is 0 Å². The van der Waals surface area contributed by atoms with Crippen molar-refractivity contribution < 1.29 is 9.32 Å². The Morgan fingerprint density at radius 1 is 1.71 bits per heavy atom. The Kier molecular flexibility index (Phi) is 2.96. The third-order valence-corrected chi connectivity index (χ3v) is 2.84. The molecule has 0 saturated carbocycles. The summed E-state index contributed by atoms with van der Waals surface area (Å²) in [5, 5.41) is 13.3. The van der Waals surface area contributed by atoms with Crippen LogP contribution in [0.1, 0.15) is 25.6 Å². The van der Waals surface area contributed by atoms with Gasteiger partial charge in [0.15, 0.2) is 5.03 Å². The minimum absolute atomic E-state index is 0.0904. The van der Waals surface area contributed by atoms with Crippen LogP contribution >= 0.6 is 0 Å². The van der Waals surface area contributed by atoms with Crippen molar-refractivity contribution in [1.82, 2.24) is 9.78 Å². The Bertz CT molecular complexity index is 420. The van der Waals surface area contributed by atoms with Crippen LogP contribution in [0, 0.1) is 4.78 Å². The summed E-state index contributed by atoms with van der Waals surface area (Å²) < 4.78 is 20.4. The second-order valence-corrected chi connectivity index (χ2v) is 5.62. The third-order valence-electron chi connectivity index (χ3n) is 1.84. The SMILES string of the molecule is CC(C)n1nc(S(C)(=N)=O)cc1CO. The van der Waals surface area contributed by atoms with Gasteiger partial charge in [-0.1, -0.05) is 0 Å². The first kappa shape index (κ1) is 11.2. The smallest absolute Gasteiger partial charge is 0.157 e. The summed E-state index contributed by atoms with van der Waals surface area (Å²) in [7, 11) is -2.79. The van der Waals surface area contributed by atoms with Crippen molar-refractivity contribution in [1.29, 1.82) is 4.78 Å². The van der Waals surface area contributed by atoms with Gasteiger partial charge in [0.1, 0.15) is 0 Å². The summed E-state index contributed by atoms with van der Waals surface area (Å²) >= 11 is 0. The molecule has 1 rings (SSSR count). The van der Waals surface area contributed by atoms with E-state index in [4.69, 9.17) is 9.89 Å². The molecule has 1 aromatic rings. The van der Waals surface area contributed by atoms with Gasteiger partial charge < -0.3 is 5.11 Å². The van der Waals surface area contributed by atoms with Crippen LogP contribution in [0.25, 0.3) is 0 Å². The zero-order valence-corrected chi connectivity index (χ0v) is 9.34. The van der Waals surface area contributed by atoms with Gasteiger partial charge in [-0.2, -0.15) is 5.10 Å². The first-order chi connectivity index (χ1) is 6.36. The fourth-order valence-electron chi connectivity index (χ4n) is 1.16. The van der Waals surface area contributed by atoms with E-state index in [9.17, 15) is 4.21 Å². The molecule has 0 amide bonds. The van der Waals surface area contributed by atoms with Crippen molar-refractivity contribution in [3.05, 3.63) is 11.8 Å². The van der Waals surface area contributed by atoms with Crippen molar-refractivity contribution >= 4 is 9.73 Å². The maximum Gasteiger partial charge on any atom is 0.157 e. The zero-order chi connectivity index (χ0) is 10.9. The molecule has 0 spiro atoms. The fourth-order valence-corrected chi connectivity index (χ4v) is 1.77. The third kappa shape index (κ3) is 2.13. The standard InChI is InChI=1S/C8H15N3O2S/c1-6(2)11-7(5-12)4-8(10-11)14(3,9)13/h4,6,9,12H,5H2,1-3H3. The molecule has 14 heavy (non-hydrogen) atoms. The molecule has 0 radical (unpaired) electrons. The van der Waals surface area contributed by atoms with Gasteiger partial charge in [-0.05, 0) is 19.9 Å². The Balaban J connectivity index is 3.27. The first-order valence-corrected chi connectivity index (χ1v) is 6.26. The predicted octanol–water partition coefficient (Wildman–Crippen LogP) is 0.992. The number of aliphatic hydroxyl groups is 1. The summed E-state index contributed by atoms with van der Waals surface area (Å²) in [5.74, 6) is 0. The van der Waals surface area contributed by atoms with E-state index in [0.717, 1.165) is 0 Å². The lowest BCUT2D eigenvalue weighted by Crippen LogP contribution is -2.08. The Morgan fingerprint density at radius 2 is 2.29 bits per heavy atom. The van der Waals surface area contributed by atoms with Crippen LogP contribution in [-0.2, 0) is 16.3 Å². The molecule has 6 heteroatoms. The lowest BCUT2D eigenvalue weighted by Gasteiger charge is -2.08. The highest BCUT2D eigenvalue weighted by atomic mass is 32.2. The predicted molar refractivity (Wildman–Crippen MR) is 53.6 cm³/mol. The highest BCUT2D eigenvalue weighted by molar-refractivity contribution is 7.91. The van der Waals surface area contributed by atoms with Gasteiger partial charge in [-0.15, -0.1) is 0 Å². The largest absolute Gasteiger partial charge is 0.390 e. The number of nitrogens with zero attached hydrogens (tertiary/aromatic N) is 2. The molecule has 1 heterocycles.